The molecule has 0 saturated heterocycles. The van der Waals surface area contributed by atoms with Crippen molar-refractivity contribution in [3.8, 4) is 17.2 Å². The maximum atomic E-state index is 6.06. The highest BCUT2D eigenvalue weighted by atomic mass is 16.5. The molecule has 3 nitrogen and oxygen atoms in total. The van der Waals surface area contributed by atoms with E-state index in [2.05, 4.69) is 87.5 Å². The van der Waals surface area contributed by atoms with E-state index in [1.807, 2.05) is 6.07 Å². The molecule has 2 bridgehead atoms. The molecule has 6 rings (SSSR count). The average molecular weight is 491 g/mol. The lowest BCUT2D eigenvalue weighted by molar-refractivity contribution is 0.390. The third-order valence-electron chi connectivity index (χ3n) is 8.52. The van der Waals surface area contributed by atoms with Crippen molar-refractivity contribution in [2.45, 2.75) is 44.4 Å². The number of ether oxygens (including phenoxy) is 3. The van der Waals surface area contributed by atoms with Crippen LogP contribution in [0.25, 0.3) is 0 Å². The van der Waals surface area contributed by atoms with Gasteiger partial charge in [-0.1, -0.05) is 59.7 Å². The normalized spacial score (nSPS) is 21.2. The summed E-state index contributed by atoms with van der Waals surface area (Å²) in [5.41, 5.74) is 12.1. The lowest BCUT2D eigenvalue weighted by Gasteiger charge is -2.41. The highest BCUT2D eigenvalue weighted by Gasteiger charge is 2.53. The second-order valence-corrected chi connectivity index (χ2v) is 10.6. The Labute approximate surface area is 220 Å². The van der Waals surface area contributed by atoms with Crippen LogP contribution in [0.15, 0.2) is 72.8 Å². The van der Waals surface area contributed by atoms with Crippen molar-refractivity contribution in [3.05, 3.63) is 123 Å². The van der Waals surface area contributed by atoms with Gasteiger partial charge in [-0.25, -0.2) is 0 Å². The van der Waals surface area contributed by atoms with Crippen molar-refractivity contribution < 1.29 is 14.2 Å². The van der Waals surface area contributed by atoms with Gasteiger partial charge in [0, 0.05) is 35.3 Å². The van der Waals surface area contributed by atoms with E-state index in [0.29, 0.717) is 0 Å². The molecule has 0 spiro atoms. The largest absolute Gasteiger partial charge is 0.497 e. The predicted molar refractivity (Wildman–Crippen MR) is 149 cm³/mol. The summed E-state index contributed by atoms with van der Waals surface area (Å²) in [7, 11) is 5.24. The molecule has 3 heteroatoms. The summed E-state index contributed by atoms with van der Waals surface area (Å²) < 4.78 is 17.3. The van der Waals surface area contributed by atoms with Gasteiger partial charge in [0.05, 0.1) is 21.3 Å². The Morgan fingerprint density at radius 3 is 1.84 bits per heavy atom. The van der Waals surface area contributed by atoms with Crippen molar-refractivity contribution in [2.75, 3.05) is 21.3 Å². The van der Waals surface area contributed by atoms with Crippen molar-refractivity contribution >= 4 is 0 Å². The molecule has 0 saturated carbocycles. The lowest BCUT2D eigenvalue weighted by Crippen LogP contribution is -2.27. The zero-order chi connectivity index (χ0) is 25.8. The quantitative estimate of drug-likeness (QED) is 0.286. The highest BCUT2D eigenvalue weighted by Crippen LogP contribution is 2.67. The van der Waals surface area contributed by atoms with Crippen molar-refractivity contribution in [3.63, 3.8) is 0 Å². The summed E-state index contributed by atoms with van der Waals surface area (Å²) in [6, 6.07) is 26.9. The Kier molecular flexibility index (Phi) is 5.75. The molecule has 37 heavy (non-hydrogen) atoms. The topological polar surface area (TPSA) is 27.7 Å². The molecule has 0 aliphatic heterocycles. The molecule has 0 heterocycles. The van der Waals surface area contributed by atoms with Gasteiger partial charge >= 0.3 is 0 Å². The molecule has 2 aliphatic rings. The summed E-state index contributed by atoms with van der Waals surface area (Å²) in [5.74, 6) is 3.57. The third kappa shape index (κ3) is 3.63. The second kappa shape index (κ2) is 8.99. The first-order valence-corrected chi connectivity index (χ1v) is 13.0. The lowest BCUT2D eigenvalue weighted by atomic mass is 9.62. The molecule has 4 atom stereocenters. The molecule has 2 aliphatic carbocycles. The maximum absolute atomic E-state index is 6.06. The van der Waals surface area contributed by atoms with Crippen LogP contribution in [0.5, 0.6) is 17.2 Å². The molecular weight excluding hydrogens is 456 g/mol. The van der Waals surface area contributed by atoms with E-state index in [1.165, 1.54) is 50.1 Å². The van der Waals surface area contributed by atoms with E-state index in [4.69, 9.17) is 14.2 Å². The number of hydrogen-bond donors (Lipinski definition) is 0. The van der Waals surface area contributed by atoms with Crippen LogP contribution in [-0.4, -0.2) is 21.3 Å². The van der Waals surface area contributed by atoms with Gasteiger partial charge in [-0.2, -0.15) is 0 Å². The molecule has 0 N–H and O–H groups in total. The van der Waals surface area contributed by atoms with E-state index in [1.54, 1.807) is 21.3 Å². The molecule has 0 aromatic heterocycles. The van der Waals surface area contributed by atoms with Crippen molar-refractivity contribution in [2.24, 2.45) is 0 Å². The van der Waals surface area contributed by atoms with Crippen LogP contribution in [0.4, 0.5) is 0 Å². The number of fused-ring (bicyclic) bond motifs is 7. The van der Waals surface area contributed by atoms with Crippen molar-refractivity contribution in [1.29, 1.82) is 0 Å². The first kappa shape index (κ1) is 23.7. The molecular formula is C34H34O3. The van der Waals surface area contributed by atoms with Gasteiger partial charge in [0.25, 0.3) is 0 Å². The molecule has 0 radical (unpaired) electrons. The van der Waals surface area contributed by atoms with Crippen LogP contribution in [0.3, 0.4) is 0 Å². The minimum Gasteiger partial charge on any atom is -0.497 e. The van der Waals surface area contributed by atoms with Crippen LogP contribution in [0, 0.1) is 20.8 Å². The van der Waals surface area contributed by atoms with Crippen LogP contribution >= 0.6 is 0 Å². The van der Waals surface area contributed by atoms with Gasteiger partial charge in [-0.3, -0.25) is 0 Å². The third-order valence-corrected chi connectivity index (χ3v) is 8.52. The summed E-state index contributed by atoms with van der Waals surface area (Å²) >= 11 is 0. The van der Waals surface area contributed by atoms with Gasteiger partial charge < -0.3 is 14.2 Å². The zero-order valence-corrected chi connectivity index (χ0v) is 22.5. The molecule has 0 amide bonds. The maximum Gasteiger partial charge on any atom is 0.126 e. The average Bonchev–Trinajstić information content (AvgIpc) is 3.18. The van der Waals surface area contributed by atoms with E-state index < -0.39 is 0 Å². The summed E-state index contributed by atoms with van der Waals surface area (Å²) in [5, 5.41) is 0. The van der Waals surface area contributed by atoms with Crippen LogP contribution in [0.2, 0.25) is 0 Å². The highest BCUT2D eigenvalue weighted by molar-refractivity contribution is 5.67. The minimum absolute atomic E-state index is 0.199. The monoisotopic (exact) mass is 490 g/mol. The number of benzene rings is 4. The molecule has 4 aromatic rings. The van der Waals surface area contributed by atoms with E-state index >= 15 is 0 Å². The Morgan fingerprint density at radius 1 is 0.514 bits per heavy atom. The van der Waals surface area contributed by atoms with Crippen LogP contribution < -0.4 is 14.2 Å². The first-order chi connectivity index (χ1) is 17.9. The predicted octanol–water partition coefficient (Wildman–Crippen LogP) is 7.80. The number of methoxy groups -OCH3 is 3. The van der Waals surface area contributed by atoms with E-state index in [0.717, 1.165) is 17.2 Å². The van der Waals surface area contributed by atoms with E-state index in [9.17, 15) is 0 Å². The van der Waals surface area contributed by atoms with Crippen molar-refractivity contribution in [1.82, 2.24) is 0 Å². The van der Waals surface area contributed by atoms with Gasteiger partial charge in [0.1, 0.15) is 17.2 Å². The Hall–Kier alpha value is -3.72. The molecule has 188 valence electrons. The molecule has 4 aromatic carbocycles. The number of rotatable bonds is 5. The fraction of sp³-hybridized carbons (Fsp3) is 0.294. The fourth-order valence-corrected chi connectivity index (χ4v) is 7.08. The SMILES string of the molecule is COc1ccc([C@@H]2C3c4cc(C)cc(C)c4[C@H](c4ccc(C)cc4)[C@@H]2c2cc(OC)cc(OC)c23)cc1. The summed E-state index contributed by atoms with van der Waals surface area (Å²) in [6.45, 7) is 6.65. The fourth-order valence-electron chi connectivity index (χ4n) is 7.08. The van der Waals surface area contributed by atoms with Crippen LogP contribution in [-0.2, 0) is 0 Å². The smallest absolute Gasteiger partial charge is 0.126 e. The van der Waals surface area contributed by atoms with Gasteiger partial charge in [-0.15, -0.1) is 0 Å². The number of aryl methyl sites for hydroxylation is 3. The zero-order valence-electron chi connectivity index (χ0n) is 22.5. The van der Waals surface area contributed by atoms with Gasteiger partial charge in [0.2, 0.25) is 0 Å². The Bertz CT molecular complexity index is 1470. The Balaban J connectivity index is 1.71. The van der Waals surface area contributed by atoms with E-state index in [-0.39, 0.29) is 23.7 Å². The molecule has 1 unspecified atom stereocenters. The van der Waals surface area contributed by atoms with Crippen LogP contribution in [0.1, 0.15) is 73.7 Å². The van der Waals surface area contributed by atoms with Gasteiger partial charge in [0.15, 0.2) is 0 Å². The standard InChI is InChI=1S/C34H34O3/c1-19-7-9-22(10-8-19)30-29-21(3)15-20(2)16-26(29)34-31(23-11-13-24(35-4)14-12-23)33(30)27-17-25(36-5)18-28(37-6)32(27)34/h7-18,30-31,33-34H,1-6H3/t30-,31-,33-,34?/m0/s1. The summed E-state index contributed by atoms with van der Waals surface area (Å²) in [4.78, 5) is 0. The van der Waals surface area contributed by atoms with Gasteiger partial charge in [-0.05, 0) is 72.4 Å². The molecule has 0 fully saturated rings. The number of hydrogen-bond acceptors (Lipinski definition) is 3. The Morgan fingerprint density at radius 2 is 1.19 bits per heavy atom. The first-order valence-electron chi connectivity index (χ1n) is 13.0. The summed E-state index contributed by atoms with van der Waals surface area (Å²) in [6.07, 6.45) is 0. The minimum atomic E-state index is 0.199. The second-order valence-electron chi connectivity index (χ2n) is 10.6.